The topological polar surface area (TPSA) is 105 Å². The van der Waals surface area contributed by atoms with Gasteiger partial charge in [-0.25, -0.2) is 13.8 Å². The first-order chi connectivity index (χ1) is 14.5. The van der Waals surface area contributed by atoms with Crippen molar-refractivity contribution in [3.8, 4) is 0 Å². The maximum Gasteiger partial charge on any atom is 0.249 e. The first-order valence-electron chi connectivity index (χ1n) is 10.1. The molecule has 0 spiro atoms. The van der Waals surface area contributed by atoms with Gasteiger partial charge in [0.2, 0.25) is 17.7 Å². The number of imidazole rings is 1. The average Bonchev–Trinajstić information content (AvgIpc) is 3.46. The number of carbonyl (C=O) groups excluding carboxylic acids is 1. The molecule has 170 valence electrons. The zero-order valence-corrected chi connectivity index (χ0v) is 19.8. The van der Waals surface area contributed by atoms with Gasteiger partial charge in [-0.2, -0.15) is 9.97 Å². The fourth-order valence-electron chi connectivity index (χ4n) is 3.62. The number of hydrogen-bond donors (Lipinski definition) is 2. The lowest BCUT2D eigenvalue weighted by molar-refractivity contribution is -0.167. The van der Waals surface area contributed by atoms with Gasteiger partial charge in [-0.15, -0.1) is 0 Å². The second-order valence-electron chi connectivity index (χ2n) is 8.62. The van der Waals surface area contributed by atoms with Gasteiger partial charge >= 0.3 is 0 Å². The summed E-state index contributed by atoms with van der Waals surface area (Å²) in [6, 6.07) is 0.283. The molecule has 1 aliphatic heterocycles. The van der Waals surface area contributed by atoms with E-state index in [2.05, 4.69) is 20.3 Å². The minimum Gasteiger partial charge on any atom is -0.384 e. The van der Waals surface area contributed by atoms with Crippen LogP contribution < -0.4 is 10.2 Å². The molecule has 4 atom stereocenters. The lowest BCUT2D eigenvalue weighted by Gasteiger charge is -2.25. The number of hydrogen-bond acceptors (Lipinski definition) is 7. The van der Waals surface area contributed by atoms with E-state index in [1.54, 1.807) is 36.4 Å². The summed E-state index contributed by atoms with van der Waals surface area (Å²) in [7, 11) is 1.87. The Kier molecular flexibility index (Phi) is 5.61. The zero-order valence-electron chi connectivity index (χ0n) is 17.6. The van der Waals surface area contributed by atoms with Crippen LogP contribution in [0.3, 0.4) is 0 Å². The molecule has 0 aromatic carbocycles. The molecule has 9 nitrogen and oxygen atoms in total. The van der Waals surface area contributed by atoms with Crippen LogP contribution in [0.15, 0.2) is 6.33 Å². The number of nitrogens with one attached hydrogen (secondary N) is 1. The predicted octanol–water partition coefficient (Wildman–Crippen LogP) is 2.74. The highest BCUT2D eigenvalue weighted by Gasteiger charge is 2.64. The molecule has 1 saturated heterocycles. The molecule has 2 N–H and O–H groups in total. The van der Waals surface area contributed by atoms with Crippen molar-refractivity contribution < 1.29 is 23.4 Å². The van der Waals surface area contributed by atoms with Crippen molar-refractivity contribution >= 4 is 51.4 Å². The summed E-state index contributed by atoms with van der Waals surface area (Å²) in [5.41, 5.74) is -1.89. The summed E-state index contributed by atoms with van der Waals surface area (Å²) in [6.45, 7) is 4.56. The van der Waals surface area contributed by atoms with Crippen molar-refractivity contribution in [3.63, 3.8) is 0 Å². The van der Waals surface area contributed by atoms with E-state index in [9.17, 15) is 14.3 Å². The van der Waals surface area contributed by atoms with Crippen LogP contribution in [0.4, 0.5) is 20.5 Å². The first kappa shape index (κ1) is 22.5. The molecule has 4 rings (SSSR count). The number of rotatable bonds is 6. The Morgan fingerprint density at radius 3 is 2.68 bits per heavy atom. The molecule has 2 aliphatic rings. The molecule has 2 aromatic rings. The van der Waals surface area contributed by atoms with Crippen LogP contribution in [0.5, 0.6) is 0 Å². The average molecular weight is 550 g/mol. The Hall–Kier alpha value is -1.67. The van der Waals surface area contributed by atoms with Crippen LogP contribution in [0, 0.1) is 5.92 Å². The van der Waals surface area contributed by atoms with Gasteiger partial charge in [0.25, 0.3) is 0 Å². The lowest BCUT2D eigenvalue weighted by Crippen LogP contribution is -2.45. The maximum atomic E-state index is 15.5. The van der Waals surface area contributed by atoms with Crippen molar-refractivity contribution in [2.75, 3.05) is 21.7 Å². The monoisotopic (exact) mass is 550 g/mol. The molecule has 2 fully saturated rings. The highest BCUT2D eigenvalue weighted by molar-refractivity contribution is 14.1. The van der Waals surface area contributed by atoms with Gasteiger partial charge in [-0.3, -0.25) is 14.7 Å². The van der Waals surface area contributed by atoms with Crippen molar-refractivity contribution in [1.82, 2.24) is 19.5 Å². The van der Waals surface area contributed by atoms with E-state index in [1.165, 1.54) is 10.9 Å². The minimum absolute atomic E-state index is 0.0370. The first-order valence-corrected chi connectivity index (χ1v) is 11.6. The van der Waals surface area contributed by atoms with Crippen molar-refractivity contribution in [3.05, 3.63) is 6.33 Å². The Bertz CT molecular complexity index is 1010. The summed E-state index contributed by atoms with van der Waals surface area (Å²) >= 11 is 1.71. The molecule has 1 aliphatic carbocycles. The number of aliphatic hydroxyl groups is 1. The third-order valence-electron chi connectivity index (χ3n) is 5.76. The van der Waals surface area contributed by atoms with Gasteiger partial charge < -0.3 is 14.7 Å². The van der Waals surface area contributed by atoms with E-state index < -0.39 is 23.9 Å². The van der Waals surface area contributed by atoms with E-state index in [0.29, 0.717) is 11.3 Å². The molecule has 0 unspecified atom stereocenters. The van der Waals surface area contributed by atoms with Gasteiger partial charge in [0.05, 0.1) is 10.8 Å². The fourth-order valence-corrected chi connectivity index (χ4v) is 4.22. The van der Waals surface area contributed by atoms with Crippen LogP contribution in [-0.2, 0) is 9.53 Å². The third kappa shape index (κ3) is 3.75. The fraction of sp³-hybridized carbons (Fsp3) is 0.684. The highest BCUT2D eigenvalue weighted by Crippen LogP contribution is 2.49. The second kappa shape index (κ2) is 7.73. The van der Waals surface area contributed by atoms with Gasteiger partial charge in [-0.1, -0.05) is 36.4 Å². The number of carbonyl (C=O) groups is 1. The van der Waals surface area contributed by atoms with Crippen molar-refractivity contribution in [2.45, 2.75) is 63.5 Å². The standard InChI is InChI=1S/C19H25F2IN6O3/c1-9(2)14(29)26-17-24-12(27(4)10-5-6-10)11-13(25-17)28(8-23-11)16-18(3,20)15(30)19(21,7-22)31-16/h8-10,15-16,30H,5-7H2,1-4H3,(H,24,25,26,29)/t15-,16+,18+,19+/m0/s1. The summed E-state index contributed by atoms with van der Waals surface area (Å²) in [4.78, 5) is 27.4. The Morgan fingerprint density at radius 1 is 1.45 bits per heavy atom. The Morgan fingerprint density at radius 2 is 2.13 bits per heavy atom. The molecular weight excluding hydrogens is 525 g/mol. The molecule has 0 bridgehead atoms. The number of alkyl halides is 3. The van der Waals surface area contributed by atoms with E-state index in [1.807, 2.05) is 11.9 Å². The molecule has 0 radical (unpaired) electrons. The number of amides is 1. The number of aliphatic hydroxyl groups excluding tert-OH is 1. The smallest absolute Gasteiger partial charge is 0.249 e. The van der Waals surface area contributed by atoms with Crippen molar-refractivity contribution in [2.24, 2.45) is 5.92 Å². The lowest BCUT2D eigenvalue weighted by atomic mass is 9.98. The maximum absolute atomic E-state index is 15.5. The predicted molar refractivity (Wildman–Crippen MR) is 119 cm³/mol. The van der Waals surface area contributed by atoms with Gasteiger partial charge in [0, 0.05) is 19.0 Å². The van der Waals surface area contributed by atoms with Crippen LogP contribution in [0.25, 0.3) is 11.2 Å². The number of anilines is 2. The normalized spacial score (nSPS) is 30.9. The van der Waals surface area contributed by atoms with Gasteiger partial charge in [0.15, 0.2) is 35.0 Å². The largest absolute Gasteiger partial charge is 0.384 e. The molecule has 31 heavy (non-hydrogen) atoms. The Labute approximate surface area is 191 Å². The third-order valence-corrected chi connectivity index (χ3v) is 6.80. The van der Waals surface area contributed by atoms with E-state index in [-0.39, 0.29) is 33.9 Å². The zero-order chi connectivity index (χ0) is 22.7. The van der Waals surface area contributed by atoms with Gasteiger partial charge in [0.1, 0.15) is 0 Å². The number of nitrogens with zero attached hydrogens (tertiary/aromatic N) is 5. The quantitative estimate of drug-likeness (QED) is 0.421. The SMILES string of the molecule is CC(C)C(=O)Nc1nc(N(C)C2CC2)c2ncn([C@@H]3O[C@](F)(CI)[C@@H](O)[C@@]3(C)F)c2n1. The second-order valence-corrected chi connectivity index (χ2v) is 9.39. The molecule has 2 aromatic heterocycles. The highest BCUT2D eigenvalue weighted by atomic mass is 127. The molecule has 12 heteroatoms. The summed E-state index contributed by atoms with van der Waals surface area (Å²) in [5, 5.41) is 12.9. The minimum atomic E-state index is -2.55. The molecular formula is C19H25F2IN6O3. The summed E-state index contributed by atoms with van der Waals surface area (Å²) in [5.74, 6) is -2.62. The molecule has 1 amide bonds. The van der Waals surface area contributed by atoms with Crippen LogP contribution >= 0.6 is 22.6 Å². The van der Waals surface area contributed by atoms with Crippen LogP contribution in [0.1, 0.15) is 39.8 Å². The van der Waals surface area contributed by atoms with Crippen LogP contribution in [0.2, 0.25) is 0 Å². The summed E-state index contributed by atoms with van der Waals surface area (Å²) < 4.78 is 36.8. The number of ether oxygens (including phenoxy) is 1. The summed E-state index contributed by atoms with van der Waals surface area (Å²) in [6.07, 6.45) is -0.204. The van der Waals surface area contributed by atoms with Gasteiger partial charge in [-0.05, 0) is 19.8 Å². The number of fused-ring (bicyclic) bond motifs is 1. The van der Waals surface area contributed by atoms with E-state index >= 15 is 4.39 Å². The molecule has 3 heterocycles. The van der Waals surface area contributed by atoms with E-state index in [0.717, 1.165) is 19.8 Å². The molecule has 1 saturated carbocycles. The Balaban J connectivity index is 1.84. The van der Waals surface area contributed by atoms with Crippen LogP contribution in [-0.4, -0.2) is 65.7 Å². The van der Waals surface area contributed by atoms with E-state index in [4.69, 9.17) is 4.74 Å². The van der Waals surface area contributed by atoms with Crippen molar-refractivity contribution in [1.29, 1.82) is 0 Å². The number of halogens is 3. The number of aromatic nitrogens is 4.